The molecular weight excluding hydrogens is 281 g/mol. The zero-order chi connectivity index (χ0) is 15.1. The van der Waals surface area contributed by atoms with E-state index in [2.05, 4.69) is 15.5 Å². The fourth-order valence-electron chi connectivity index (χ4n) is 4.67. The number of halogens is 1. The van der Waals surface area contributed by atoms with E-state index in [-0.39, 0.29) is 11.8 Å². The molecule has 3 aliphatic rings. The summed E-state index contributed by atoms with van der Waals surface area (Å²) in [6, 6.07) is 7.47. The van der Waals surface area contributed by atoms with Crippen molar-refractivity contribution in [1.29, 1.82) is 0 Å². The summed E-state index contributed by atoms with van der Waals surface area (Å²) in [5.74, 6) is 1.07. The Labute approximate surface area is 130 Å². The Balaban J connectivity index is 1.34. The number of carbonyl (C=O) groups excluding carboxylic acids is 1. The fraction of sp³-hybridized carbons (Fsp3) is 0.588. The number of hydrogen-bond donors (Lipinski definition) is 2. The summed E-state index contributed by atoms with van der Waals surface area (Å²) in [4.78, 5) is 14.6. The van der Waals surface area contributed by atoms with E-state index < -0.39 is 0 Å². The van der Waals surface area contributed by atoms with Gasteiger partial charge in [-0.3, -0.25) is 0 Å². The monoisotopic (exact) mass is 303 g/mol. The van der Waals surface area contributed by atoms with Crippen LogP contribution >= 0.6 is 0 Å². The van der Waals surface area contributed by atoms with Gasteiger partial charge in [0.15, 0.2) is 0 Å². The van der Waals surface area contributed by atoms with Gasteiger partial charge in [-0.25, -0.2) is 9.18 Å². The van der Waals surface area contributed by atoms with Gasteiger partial charge in [0, 0.05) is 31.7 Å². The number of carbonyl (C=O) groups is 1. The predicted molar refractivity (Wildman–Crippen MR) is 82.0 cm³/mol. The van der Waals surface area contributed by atoms with Crippen LogP contribution in [-0.2, 0) is 6.42 Å². The second kappa shape index (κ2) is 5.54. The van der Waals surface area contributed by atoms with E-state index in [0.29, 0.717) is 36.9 Å². The van der Waals surface area contributed by atoms with E-state index in [0.717, 1.165) is 31.5 Å². The maximum atomic E-state index is 13.1. The topological polar surface area (TPSA) is 44.4 Å². The average Bonchev–Trinajstić information content (AvgIpc) is 3.19. The van der Waals surface area contributed by atoms with Crippen LogP contribution in [0.3, 0.4) is 0 Å². The number of hydrogen-bond acceptors (Lipinski definition) is 2. The van der Waals surface area contributed by atoms with E-state index in [1.807, 2.05) is 6.07 Å². The standard InChI is InChI=1S/C17H22FN3O/c18-12-3-1-2-11(8-12)6-7-20-17(22)21-15-4-5-16(21)14-10-19-9-13(14)15/h1-3,8,13-16,19H,4-7,9-10H2,(H,20,22)/t13-,14+,15-,16+. The highest BCUT2D eigenvalue weighted by atomic mass is 19.1. The lowest BCUT2D eigenvalue weighted by atomic mass is 9.82. The molecule has 5 heteroatoms. The molecule has 0 radical (unpaired) electrons. The highest BCUT2D eigenvalue weighted by Gasteiger charge is 2.56. The van der Waals surface area contributed by atoms with Gasteiger partial charge in [0.05, 0.1) is 0 Å². The third kappa shape index (κ3) is 2.28. The lowest BCUT2D eigenvalue weighted by molar-refractivity contribution is 0.185. The van der Waals surface area contributed by atoms with Gasteiger partial charge in [-0.15, -0.1) is 0 Å². The second-order valence-electron chi connectivity index (χ2n) is 6.72. The number of nitrogens with zero attached hydrogens (tertiary/aromatic N) is 1. The molecule has 2 bridgehead atoms. The first-order chi connectivity index (χ1) is 10.7. The summed E-state index contributed by atoms with van der Waals surface area (Å²) in [7, 11) is 0. The van der Waals surface area contributed by atoms with Gasteiger partial charge in [0.1, 0.15) is 5.82 Å². The summed E-state index contributed by atoms with van der Waals surface area (Å²) >= 11 is 0. The quantitative estimate of drug-likeness (QED) is 0.894. The molecule has 3 fully saturated rings. The Morgan fingerprint density at radius 1 is 1.27 bits per heavy atom. The van der Waals surface area contributed by atoms with Crippen LogP contribution < -0.4 is 10.6 Å². The Morgan fingerprint density at radius 3 is 2.68 bits per heavy atom. The molecule has 22 heavy (non-hydrogen) atoms. The van der Waals surface area contributed by atoms with Crippen LogP contribution in [0, 0.1) is 17.7 Å². The molecule has 1 aromatic rings. The van der Waals surface area contributed by atoms with Crippen molar-refractivity contribution >= 4 is 6.03 Å². The molecule has 0 saturated carbocycles. The van der Waals surface area contributed by atoms with E-state index in [4.69, 9.17) is 0 Å². The first kappa shape index (κ1) is 14.0. The predicted octanol–water partition coefficient (Wildman–Crippen LogP) is 1.76. The van der Waals surface area contributed by atoms with E-state index in [9.17, 15) is 9.18 Å². The first-order valence-electron chi connectivity index (χ1n) is 8.25. The zero-order valence-corrected chi connectivity index (χ0v) is 12.6. The van der Waals surface area contributed by atoms with E-state index >= 15 is 0 Å². The Bertz CT molecular complexity index is 561. The van der Waals surface area contributed by atoms with Gasteiger partial charge in [0.25, 0.3) is 0 Å². The van der Waals surface area contributed by atoms with Gasteiger partial charge in [-0.1, -0.05) is 12.1 Å². The molecule has 0 aliphatic carbocycles. The van der Waals surface area contributed by atoms with Crippen molar-refractivity contribution in [1.82, 2.24) is 15.5 Å². The molecule has 3 aliphatic heterocycles. The Hall–Kier alpha value is -1.62. The van der Waals surface area contributed by atoms with Crippen LogP contribution in [0.2, 0.25) is 0 Å². The molecule has 0 aromatic heterocycles. The lowest BCUT2D eigenvalue weighted by Crippen LogP contribution is -2.45. The Morgan fingerprint density at radius 2 is 2.00 bits per heavy atom. The summed E-state index contributed by atoms with van der Waals surface area (Å²) in [5, 5.41) is 6.49. The van der Waals surface area contributed by atoms with Gasteiger partial charge in [-0.2, -0.15) is 0 Å². The minimum atomic E-state index is -0.221. The zero-order valence-electron chi connectivity index (χ0n) is 12.6. The molecule has 4 nitrogen and oxygen atoms in total. The number of nitrogens with one attached hydrogen (secondary N) is 2. The largest absolute Gasteiger partial charge is 0.338 e. The summed E-state index contributed by atoms with van der Waals surface area (Å²) in [5.41, 5.74) is 0.922. The molecular formula is C17H22FN3O. The van der Waals surface area contributed by atoms with Crippen molar-refractivity contribution in [2.24, 2.45) is 11.8 Å². The third-order valence-electron chi connectivity index (χ3n) is 5.58. The maximum Gasteiger partial charge on any atom is 0.317 e. The molecule has 4 rings (SSSR count). The van der Waals surface area contributed by atoms with E-state index in [1.54, 1.807) is 6.07 Å². The van der Waals surface area contributed by atoms with Gasteiger partial charge in [0.2, 0.25) is 0 Å². The van der Waals surface area contributed by atoms with Crippen LogP contribution in [-0.4, -0.2) is 42.6 Å². The van der Waals surface area contributed by atoms with Crippen LogP contribution in [0.25, 0.3) is 0 Å². The highest BCUT2D eigenvalue weighted by molar-refractivity contribution is 5.76. The molecule has 3 saturated heterocycles. The summed E-state index contributed by atoms with van der Waals surface area (Å²) < 4.78 is 13.1. The van der Waals surface area contributed by atoms with Crippen LogP contribution in [0.15, 0.2) is 24.3 Å². The number of fused-ring (bicyclic) bond motifs is 5. The molecule has 0 unspecified atom stereocenters. The maximum absolute atomic E-state index is 13.1. The van der Waals surface area contributed by atoms with Gasteiger partial charge < -0.3 is 15.5 Å². The summed E-state index contributed by atoms with van der Waals surface area (Å²) in [6.07, 6.45) is 2.96. The number of amides is 2. The van der Waals surface area contributed by atoms with Crippen LogP contribution in [0.4, 0.5) is 9.18 Å². The van der Waals surface area contributed by atoms with Crippen LogP contribution in [0.5, 0.6) is 0 Å². The molecule has 118 valence electrons. The molecule has 1 aromatic carbocycles. The average molecular weight is 303 g/mol. The molecule has 0 spiro atoms. The van der Waals surface area contributed by atoms with Crippen molar-refractivity contribution in [3.63, 3.8) is 0 Å². The number of benzene rings is 1. The Kier molecular flexibility index (Phi) is 3.53. The van der Waals surface area contributed by atoms with Crippen molar-refractivity contribution in [2.75, 3.05) is 19.6 Å². The SMILES string of the molecule is O=C(NCCc1cccc(F)c1)N1[C@@H]2CC[C@H]1[C@H]1CNC[C@H]12. The third-order valence-corrected chi connectivity index (χ3v) is 5.58. The minimum absolute atomic E-state index is 0.0679. The van der Waals surface area contributed by atoms with Gasteiger partial charge in [-0.05, 0) is 48.8 Å². The van der Waals surface area contributed by atoms with Crippen molar-refractivity contribution in [3.8, 4) is 0 Å². The summed E-state index contributed by atoms with van der Waals surface area (Å²) in [6.45, 7) is 2.67. The van der Waals surface area contributed by atoms with Crippen LogP contribution in [0.1, 0.15) is 18.4 Å². The molecule has 2 N–H and O–H groups in total. The first-order valence-corrected chi connectivity index (χ1v) is 8.25. The van der Waals surface area contributed by atoms with Crippen molar-refractivity contribution < 1.29 is 9.18 Å². The second-order valence-corrected chi connectivity index (χ2v) is 6.72. The number of urea groups is 1. The number of rotatable bonds is 3. The van der Waals surface area contributed by atoms with Crippen molar-refractivity contribution in [3.05, 3.63) is 35.6 Å². The molecule has 2 amide bonds. The van der Waals surface area contributed by atoms with Crippen molar-refractivity contribution in [2.45, 2.75) is 31.3 Å². The highest BCUT2D eigenvalue weighted by Crippen LogP contribution is 2.47. The molecule has 4 atom stereocenters. The van der Waals surface area contributed by atoms with Gasteiger partial charge >= 0.3 is 6.03 Å². The van der Waals surface area contributed by atoms with E-state index in [1.165, 1.54) is 12.1 Å². The smallest absolute Gasteiger partial charge is 0.317 e. The molecule has 3 heterocycles. The lowest BCUT2D eigenvalue weighted by Gasteiger charge is -2.25. The minimum Gasteiger partial charge on any atom is -0.338 e. The fourth-order valence-corrected chi connectivity index (χ4v) is 4.67. The normalized spacial score (nSPS) is 32.3.